The van der Waals surface area contributed by atoms with Crippen molar-refractivity contribution in [2.24, 2.45) is 0 Å². The molecule has 1 aliphatic heterocycles. The molecule has 0 unspecified atom stereocenters. The molecule has 5 aromatic rings. The molecule has 0 radical (unpaired) electrons. The van der Waals surface area contributed by atoms with E-state index >= 15 is 4.39 Å². The molecule has 2 N–H and O–H groups in total. The van der Waals surface area contributed by atoms with Gasteiger partial charge in [0.05, 0.1) is 19.2 Å². The molecule has 0 aliphatic carbocycles. The maximum atomic E-state index is 16.7. The average molecular weight is 587 g/mol. The molecule has 42 heavy (non-hydrogen) atoms. The van der Waals surface area contributed by atoms with Crippen LogP contribution in [0.25, 0.3) is 32.8 Å². The van der Waals surface area contributed by atoms with E-state index in [4.69, 9.17) is 26.1 Å². The summed E-state index contributed by atoms with van der Waals surface area (Å²) in [5, 5.41) is 16.1. The number of piperidine rings is 1. The number of nitrogens with zero attached hydrogens (tertiary/aromatic N) is 3. The fraction of sp³-hybridized carbons (Fsp3) is 0.273. The van der Waals surface area contributed by atoms with Gasteiger partial charge in [0.1, 0.15) is 28.6 Å². The summed E-state index contributed by atoms with van der Waals surface area (Å²) in [4.78, 5) is 11.8. The van der Waals surface area contributed by atoms with E-state index in [0.29, 0.717) is 40.8 Å². The van der Waals surface area contributed by atoms with Crippen LogP contribution in [0.5, 0.6) is 17.2 Å². The summed E-state index contributed by atoms with van der Waals surface area (Å²) in [6.45, 7) is 3.32. The Balaban J connectivity index is 1.52. The normalized spacial score (nSPS) is 15.3. The van der Waals surface area contributed by atoms with Crippen LogP contribution in [0.4, 0.5) is 16.2 Å². The van der Waals surface area contributed by atoms with Gasteiger partial charge in [-0.2, -0.15) is 4.98 Å². The number of phenolic OH excluding ortho intramolecular Hbond substituents is 1. The Kier molecular flexibility index (Phi) is 7.64. The topological polar surface area (TPSA) is 79.7 Å². The highest BCUT2D eigenvalue weighted by molar-refractivity contribution is 6.35. The summed E-state index contributed by atoms with van der Waals surface area (Å²) >= 11 is 6.85. The van der Waals surface area contributed by atoms with E-state index in [1.807, 2.05) is 42.5 Å². The average Bonchev–Trinajstić information content (AvgIpc) is 3.00. The van der Waals surface area contributed by atoms with Gasteiger partial charge >= 0.3 is 0 Å². The highest BCUT2D eigenvalue weighted by Crippen LogP contribution is 2.43. The van der Waals surface area contributed by atoms with Gasteiger partial charge < -0.3 is 24.8 Å². The fourth-order valence-electron chi connectivity index (χ4n) is 5.81. The monoisotopic (exact) mass is 586 g/mol. The molecule has 0 bridgehead atoms. The van der Waals surface area contributed by atoms with E-state index in [9.17, 15) is 5.11 Å². The molecule has 0 amide bonds. The van der Waals surface area contributed by atoms with Crippen LogP contribution in [0.2, 0.25) is 5.02 Å². The van der Waals surface area contributed by atoms with E-state index in [0.717, 1.165) is 42.1 Å². The van der Waals surface area contributed by atoms with Gasteiger partial charge in [-0.25, -0.2) is 9.37 Å². The second-order valence-corrected chi connectivity index (χ2v) is 11.0. The maximum Gasteiger partial charge on any atom is 0.225 e. The minimum Gasteiger partial charge on any atom is -0.508 e. The van der Waals surface area contributed by atoms with Gasteiger partial charge in [-0.3, -0.25) is 0 Å². The number of hydrogen-bond acceptors (Lipinski definition) is 7. The first kappa shape index (κ1) is 27.8. The van der Waals surface area contributed by atoms with Crippen molar-refractivity contribution in [3.8, 4) is 28.4 Å². The van der Waals surface area contributed by atoms with Crippen LogP contribution in [-0.2, 0) is 6.54 Å². The molecular formula is C33H32ClFN4O3. The summed E-state index contributed by atoms with van der Waals surface area (Å²) in [5.74, 6) is 1.74. The molecule has 216 valence electrons. The largest absolute Gasteiger partial charge is 0.508 e. The zero-order valence-electron chi connectivity index (χ0n) is 23.7. The highest BCUT2D eigenvalue weighted by Gasteiger charge is 2.26. The lowest BCUT2D eigenvalue weighted by Crippen LogP contribution is -2.38. The van der Waals surface area contributed by atoms with Gasteiger partial charge in [-0.05, 0) is 72.9 Å². The lowest BCUT2D eigenvalue weighted by Gasteiger charge is -2.35. The fourth-order valence-corrected chi connectivity index (χ4v) is 6.11. The van der Waals surface area contributed by atoms with Gasteiger partial charge in [0, 0.05) is 41.7 Å². The van der Waals surface area contributed by atoms with E-state index in [-0.39, 0.29) is 27.9 Å². The molecule has 1 atom stereocenters. The molecule has 1 fully saturated rings. The zero-order valence-corrected chi connectivity index (χ0v) is 24.5. The summed E-state index contributed by atoms with van der Waals surface area (Å²) in [7, 11) is 3.21. The Labute approximate surface area is 248 Å². The van der Waals surface area contributed by atoms with Crippen LogP contribution >= 0.6 is 11.6 Å². The molecular weight excluding hydrogens is 555 g/mol. The minimum absolute atomic E-state index is 0.0283. The number of fused-ring (bicyclic) bond motifs is 2. The Morgan fingerprint density at radius 1 is 1.02 bits per heavy atom. The van der Waals surface area contributed by atoms with Crippen LogP contribution in [-0.4, -0.2) is 41.9 Å². The Morgan fingerprint density at radius 3 is 2.64 bits per heavy atom. The maximum absolute atomic E-state index is 16.7. The molecule has 7 nitrogen and oxygen atoms in total. The number of benzene rings is 4. The molecule has 1 aliphatic rings. The van der Waals surface area contributed by atoms with E-state index in [1.54, 1.807) is 32.4 Å². The standard InChI is InChI=1S/C33H32ClFN4O3/c1-19-8-6-7-13-39(19)32-26-17-27(34)29(25-15-22(40)14-20-9-4-5-10-24(20)25)30(35)31(26)37-33(38-32)36-18-21-11-12-23(41-2)16-28(21)42-3/h4-5,9-12,14-17,19,40H,6-8,13,18H2,1-3H3,(H,36,37,38)/t19-/m0/s1. The number of halogens is 2. The molecule has 2 heterocycles. The molecule has 0 saturated carbocycles. The van der Waals surface area contributed by atoms with E-state index in [1.165, 1.54) is 0 Å². The minimum atomic E-state index is -0.563. The lowest BCUT2D eigenvalue weighted by molar-refractivity contribution is 0.391. The van der Waals surface area contributed by atoms with Crippen molar-refractivity contribution in [2.45, 2.75) is 38.8 Å². The number of hydrogen-bond donors (Lipinski definition) is 2. The Bertz CT molecular complexity index is 1800. The van der Waals surface area contributed by atoms with Crippen LogP contribution in [0, 0.1) is 5.82 Å². The first-order chi connectivity index (χ1) is 20.4. The van der Waals surface area contributed by atoms with Gasteiger partial charge in [0.25, 0.3) is 0 Å². The summed E-state index contributed by atoms with van der Waals surface area (Å²) < 4.78 is 27.6. The second kappa shape index (κ2) is 11.5. The molecule has 1 aromatic heterocycles. The molecule has 1 saturated heterocycles. The summed E-state index contributed by atoms with van der Waals surface area (Å²) in [6, 6.07) is 18.3. The quantitative estimate of drug-likeness (QED) is 0.200. The second-order valence-electron chi connectivity index (χ2n) is 10.6. The highest BCUT2D eigenvalue weighted by atomic mass is 35.5. The SMILES string of the molecule is COc1ccc(CNc2nc(N3CCCC[C@@H]3C)c3cc(Cl)c(-c4cc(O)cc5ccccc45)c(F)c3n2)c(OC)c1. The van der Waals surface area contributed by atoms with Crippen molar-refractivity contribution in [2.75, 3.05) is 31.0 Å². The third kappa shape index (κ3) is 5.11. The third-order valence-electron chi connectivity index (χ3n) is 7.98. The lowest BCUT2D eigenvalue weighted by atomic mass is 9.96. The summed E-state index contributed by atoms with van der Waals surface area (Å²) in [5.41, 5.74) is 1.72. The number of anilines is 2. The first-order valence-corrected chi connectivity index (χ1v) is 14.4. The first-order valence-electron chi connectivity index (χ1n) is 14.0. The predicted molar refractivity (Wildman–Crippen MR) is 167 cm³/mol. The number of nitrogens with one attached hydrogen (secondary N) is 1. The number of rotatable bonds is 7. The van der Waals surface area contributed by atoms with Crippen molar-refractivity contribution in [1.29, 1.82) is 0 Å². The smallest absolute Gasteiger partial charge is 0.225 e. The number of aromatic hydroxyl groups is 1. The molecule has 6 rings (SSSR count). The molecule has 0 spiro atoms. The van der Waals surface area contributed by atoms with Crippen molar-refractivity contribution in [1.82, 2.24) is 9.97 Å². The van der Waals surface area contributed by atoms with Crippen LogP contribution in [0.3, 0.4) is 0 Å². The van der Waals surface area contributed by atoms with Gasteiger partial charge in [0.2, 0.25) is 5.95 Å². The number of aromatic nitrogens is 2. The predicted octanol–water partition coefficient (Wildman–Crippen LogP) is 7.96. The van der Waals surface area contributed by atoms with Crippen LogP contribution < -0.4 is 19.7 Å². The van der Waals surface area contributed by atoms with Gasteiger partial charge in [-0.1, -0.05) is 35.9 Å². The number of methoxy groups -OCH3 is 2. The Morgan fingerprint density at radius 2 is 1.86 bits per heavy atom. The van der Waals surface area contributed by atoms with Crippen molar-refractivity contribution >= 4 is 45.0 Å². The number of ether oxygens (including phenoxy) is 2. The Hall–Kier alpha value is -4.30. The van der Waals surface area contributed by atoms with E-state index < -0.39 is 5.82 Å². The van der Waals surface area contributed by atoms with Crippen molar-refractivity contribution < 1.29 is 19.0 Å². The molecule has 4 aromatic carbocycles. The van der Waals surface area contributed by atoms with Crippen LogP contribution in [0.15, 0.2) is 60.7 Å². The third-order valence-corrected chi connectivity index (χ3v) is 8.28. The van der Waals surface area contributed by atoms with Gasteiger partial charge in [-0.15, -0.1) is 0 Å². The van der Waals surface area contributed by atoms with E-state index in [2.05, 4.69) is 22.1 Å². The van der Waals surface area contributed by atoms with Gasteiger partial charge in [0.15, 0.2) is 5.82 Å². The number of phenols is 1. The molecule has 9 heteroatoms. The zero-order chi connectivity index (χ0) is 29.4. The van der Waals surface area contributed by atoms with Crippen molar-refractivity contribution in [3.05, 3.63) is 77.1 Å². The van der Waals surface area contributed by atoms with Crippen LogP contribution in [0.1, 0.15) is 31.7 Å². The summed E-state index contributed by atoms with van der Waals surface area (Å²) in [6.07, 6.45) is 3.17. The van der Waals surface area contributed by atoms with Crippen molar-refractivity contribution in [3.63, 3.8) is 0 Å².